The Morgan fingerprint density at radius 3 is 3.00 bits per heavy atom. The number of fused-ring (bicyclic) bond motifs is 1. The molecule has 1 heterocycles. The van der Waals surface area contributed by atoms with Crippen molar-refractivity contribution < 1.29 is 9.15 Å². The lowest BCUT2D eigenvalue weighted by Crippen LogP contribution is -2.16. The molecule has 98 valence electrons. The Kier molecular flexibility index (Phi) is 5.05. The third-order valence-corrected chi connectivity index (χ3v) is 3.10. The van der Waals surface area contributed by atoms with Gasteiger partial charge in [0.05, 0.1) is 0 Å². The van der Waals surface area contributed by atoms with E-state index in [2.05, 4.69) is 5.32 Å². The van der Waals surface area contributed by atoms with Crippen LogP contribution >= 0.6 is 11.6 Å². The second-order valence-electron chi connectivity index (χ2n) is 4.08. The predicted octanol–water partition coefficient (Wildman–Crippen LogP) is 3.60. The highest BCUT2D eigenvalue weighted by Gasteiger charge is 2.10. The van der Waals surface area contributed by atoms with Crippen molar-refractivity contribution in [3.63, 3.8) is 0 Å². The molecule has 0 aliphatic heterocycles. The van der Waals surface area contributed by atoms with Crippen LogP contribution in [0.2, 0.25) is 5.22 Å². The van der Waals surface area contributed by atoms with Gasteiger partial charge < -0.3 is 14.5 Å². The molecule has 3 nitrogen and oxygen atoms in total. The van der Waals surface area contributed by atoms with Crippen molar-refractivity contribution in [2.24, 2.45) is 0 Å². The molecule has 18 heavy (non-hydrogen) atoms. The van der Waals surface area contributed by atoms with Gasteiger partial charge in [-0.05, 0) is 37.6 Å². The predicted molar refractivity (Wildman–Crippen MR) is 74.0 cm³/mol. The van der Waals surface area contributed by atoms with Crippen LogP contribution in [0.3, 0.4) is 0 Å². The van der Waals surface area contributed by atoms with Gasteiger partial charge in [-0.25, -0.2) is 0 Å². The first-order valence-electron chi connectivity index (χ1n) is 6.27. The molecule has 0 amide bonds. The molecule has 0 unspecified atom stereocenters. The number of rotatable bonds is 7. The summed E-state index contributed by atoms with van der Waals surface area (Å²) in [5.74, 6) is 0. The third-order valence-electron chi connectivity index (χ3n) is 2.80. The molecule has 1 N–H and O–H groups in total. The maximum atomic E-state index is 6.10. The maximum Gasteiger partial charge on any atom is 0.199 e. The van der Waals surface area contributed by atoms with Crippen LogP contribution in [0.1, 0.15) is 18.9 Å². The van der Waals surface area contributed by atoms with Gasteiger partial charge in [0, 0.05) is 30.7 Å². The van der Waals surface area contributed by atoms with Crippen molar-refractivity contribution in [3.8, 4) is 0 Å². The largest absolute Gasteiger partial charge is 0.444 e. The van der Waals surface area contributed by atoms with E-state index < -0.39 is 0 Å². The molecule has 2 aromatic rings. The van der Waals surface area contributed by atoms with Crippen molar-refractivity contribution in [3.05, 3.63) is 35.0 Å². The number of benzene rings is 1. The summed E-state index contributed by atoms with van der Waals surface area (Å²) in [7, 11) is 0. The fraction of sp³-hybridized carbons (Fsp3) is 0.429. The van der Waals surface area contributed by atoms with Crippen LogP contribution in [0.5, 0.6) is 0 Å². The van der Waals surface area contributed by atoms with Gasteiger partial charge in [-0.15, -0.1) is 0 Å². The zero-order valence-electron chi connectivity index (χ0n) is 10.5. The molecular weight excluding hydrogens is 250 g/mol. The van der Waals surface area contributed by atoms with E-state index in [1.807, 2.05) is 31.2 Å². The number of halogens is 1. The third kappa shape index (κ3) is 3.25. The van der Waals surface area contributed by atoms with E-state index in [9.17, 15) is 0 Å². The lowest BCUT2D eigenvalue weighted by Gasteiger charge is -2.04. The van der Waals surface area contributed by atoms with Gasteiger partial charge in [-0.3, -0.25) is 0 Å². The first-order chi connectivity index (χ1) is 8.83. The summed E-state index contributed by atoms with van der Waals surface area (Å²) in [5, 5.41) is 4.92. The van der Waals surface area contributed by atoms with Gasteiger partial charge in [0.25, 0.3) is 0 Å². The number of hydrogen-bond acceptors (Lipinski definition) is 3. The summed E-state index contributed by atoms with van der Waals surface area (Å²) in [6.07, 6.45) is 1.00. The first kappa shape index (κ1) is 13.4. The van der Waals surface area contributed by atoms with Crippen LogP contribution in [-0.2, 0) is 11.3 Å². The van der Waals surface area contributed by atoms with Gasteiger partial charge in [-0.2, -0.15) is 0 Å². The molecule has 0 saturated heterocycles. The van der Waals surface area contributed by atoms with Gasteiger partial charge in [0.15, 0.2) is 5.22 Å². The van der Waals surface area contributed by atoms with Crippen LogP contribution < -0.4 is 5.32 Å². The van der Waals surface area contributed by atoms with Gasteiger partial charge in [0.2, 0.25) is 0 Å². The molecule has 0 saturated carbocycles. The number of nitrogens with one attached hydrogen (secondary N) is 1. The number of ether oxygens (including phenoxy) is 1. The van der Waals surface area contributed by atoms with E-state index in [4.69, 9.17) is 20.8 Å². The monoisotopic (exact) mass is 267 g/mol. The van der Waals surface area contributed by atoms with Gasteiger partial charge >= 0.3 is 0 Å². The molecule has 0 radical (unpaired) electrons. The molecule has 0 atom stereocenters. The Morgan fingerprint density at radius 1 is 1.33 bits per heavy atom. The van der Waals surface area contributed by atoms with E-state index in [0.29, 0.717) is 5.22 Å². The van der Waals surface area contributed by atoms with Crippen LogP contribution in [0.15, 0.2) is 28.7 Å². The lowest BCUT2D eigenvalue weighted by atomic mass is 10.2. The van der Waals surface area contributed by atoms with Crippen LogP contribution in [0, 0.1) is 0 Å². The normalized spacial score (nSPS) is 11.2. The van der Waals surface area contributed by atoms with E-state index in [-0.39, 0.29) is 0 Å². The van der Waals surface area contributed by atoms with E-state index in [1.165, 1.54) is 0 Å². The zero-order chi connectivity index (χ0) is 12.8. The Labute approximate surface area is 112 Å². The number of hydrogen-bond donors (Lipinski definition) is 1. The average molecular weight is 268 g/mol. The Bertz CT molecular complexity index is 495. The molecule has 0 spiro atoms. The van der Waals surface area contributed by atoms with Crippen LogP contribution in [0.25, 0.3) is 11.0 Å². The Balaban J connectivity index is 1.89. The molecule has 0 aliphatic rings. The van der Waals surface area contributed by atoms with Crippen LogP contribution in [-0.4, -0.2) is 19.8 Å². The summed E-state index contributed by atoms with van der Waals surface area (Å²) in [6, 6.07) is 7.90. The smallest absolute Gasteiger partial charge is 0.199 e. The lowest BCUT2D eigenvalue weighted by molar-refractivity contribution is 0.144. The summed E-state index contributed by atoms with van der Waals surface area (Å²) in [4.78, 5) is 0. The minimum atomic E-state index is 0.480. The molecule has 1 aromatic heterocycles. The molecule has 0 aliphatic carbocycles. The maximum absolute atomic E-state index is 6.10. The van der Waals surface area contributed by atoms with Crippen molar-refractivity contribution in [1.29, 1.82) is 0 Å². The van der Waals surface area contributed by atoms with Crippen molar-refractivity contribution in [2.45, 2.75) is 19.9 Å². The van der Waals surface area contributed by atoms with Crippen LogP contribution in [0.4, 0.5) is 0 Å². The quantitative estimate of drug-likeness (QED) is 0.779. The summed E-state index contributed by atoms with van der Waals surface area (Å²) < 4.78 is 10.8. The first-order valence-corrected chi connectivity index (χ1v) is 6.65. The molecule has 2 rings (SSSR count). The molecular formula is C14H18ClNO2. The number of furan rings is 1. The Hall–Kier alpha value is -1.03. The summed E-state index contributed by atoms with van der Waals surface area (Å²) in [6.45, 7) is 5.21. The van der Waals surface area contributed by atoms with Gasteiger partial charge in [0.1, 0.15) is 5.58 Å². The topological polar surface area (TPSA) is 34.4 Å². The van der Waals surface area contributed by atoms with E-state index in [1.54, 1.807) is 0 Å². The van der Waals surface area contributed by atoms with E-state index in [0.717, 1.165) is 49.3 Å². The molecule has 4 heteroatoms. The number of para-hydroxylation sites is 1. The van der Waals surface area contributed by atoms with Gasteiger partial charge in [-0.1, -0.05) is 18.2 Å². The van der Waals surface area contributed by atoms with Crippen molar-refractivity contribution in [2.75, 3.05) is 19.8 Å². The highest BCUT2D eigenvalue weighted by Crippen LogP contribution is 2.29. The van der Waals surface area contributed by atoms with Crippen molar-refractivity contribution in [1.82, 2.24) is 5.32 Å². The molecule has 0 bridgehead atoms. The fourth-order valence-corrected chi connectivity index (χ4v) is 2.14. The second-order valence-corrected chi connectivity index (χ2v) is 4.42. The highest BCUT2D eigenvalue weighted by atomic mass is 35.5. The molecule has 0 fully saturated rings. The average Bonchev–Trinajstić information content (AvgIpc) is 2.70. The SMILES string of the molecule is CCOCCCNCc1c(Cl)oc2ccccc12. The minimum Gasteiger partial charge on any atom is -0.444 e. The molecule has 1 aromatic carbocycles. The standard InChI is InChI=1S/C14H18ClNO2/c1-2-17-9-5-8-16-10-12-11-6-3-4-7-13(11)18-14(12)15/h3-4,6-7,16H,2,5,8-10H2,1H3. The second kappa shape index (κ2) is 6.78. The van der Waals surface area contributed by atoms with Crippen molar-refractivity contribution >= 4 is 22.6 Å². The highest BCUT2D eigenvalue weighted by molar-refractivity contribution is 6.30. The van der Waals surface area contributed by atoms with E-state index >= 15 is 0 Å². The Morgan fingerprint density at radius 2 is 2.17 bits per heavy atom. The summed E-state index contributed by atoms with van der Waals surface area (Å²) >= 11 is 6.10. The minimum absolute atomic E-state index is 0.480. The fourth-order valence-electron chi connectivity index (χ4n) is 1.89. The zero-order valence-corrected chi connectivity index (χ0v) is 11.3. The summed E-state index contributed by atoms with van der Waals surface area (Å²) in [5.41, 5.74) is 1.87.